The van der Waals surface area contributed by atoms with Crippen LogP contribution in [0.3, 0.4) is 0 Å². The van der Waals surface area contributed by atoms with Crippen molar-refractivity contribution in [1.82, 2.24) is 0 Å². The molecular weight excluding hydrogens is 468 g/mol. The third kappa shape index (κ3) is 5.23. The van der Waals surface area contributed by atoms with Crippen molar-refractivity contribution in [2.75, 3.05) is 7.11 Å². The Balaban J connectivity index is 1.57. The normalized spacial score (nSPS) is 13.7. The number of fused-ring (bicyclic) bond motifs is 1. The van der Waals surface area contributed by atoms with Crippen molar-refractivity contribution in [2.24, 2.45) is 0 Å². The van der Waals surface area contributed by atoms with Crippen molar-refractivity contribution in [3.8, 4) is 23.0 Å². The first-order valence-electron chi connectivity index (χ1n) is 10.8. The smallest absolute Gasteiger partial charge is 0.343 e. The SMILES string of the molecule is COc1cc2c(c(O)c1C(=O)C=Cc1ccc(C(=O)Oc3ccccc3)cc1Cl)C=CC(C)(C)O2. The molecule has 1 aliphatic heterocycles. The van der Waals surface area contributed by atoms with Crippen LogP contribution in [0, 0.1) is 0 Å². The number of hydrogen-bond donors (Lipinski definition) is 1. The monoisotopic (exact) mass is 490 g/mol. The van der Waals surface area contributed by atoms with Gasteiger partial charge in [0, 0.05) is 11.1 Å². The highest BCUT2D eigenvalue weighted by atomic mass is 35.5. The second-order valence-electron chi connectivity index (χ2n) is 8.39. The van der Waals surface area contributed by atoms with Crippen LogP contribution in [0.4, 0.5) is 0 Å². The van der Waals surface area contributed by atoms with Crippen LogP contribution < -0.4 is 14.2 Å². The van der Waals surface area contributed by atoms with Gasteiger partial charge < -0.3 is 19.3 Å². The molecule has 1 heterocycles. The van der Waals surface area contributed by atoms with Gasteiger partial charge in [-0.1, -0.05) is 35.9 Å². The van der Waals surface area contributed by atoms with E-state index in [0.717, 1.165) is 0 Å². The van der Waals surface area contributed by atoms with Crippen molar-refractivity contribution in [2.45, 2.75) is 19.4 Å². The van der Waals surface area contributed by atoms with E-state index >= 15 is 0 Å². The average Bonchev–Trinajstić information content (AvgIpc) is 2.82. The number of methoxy groups -OCH3 is 1. The molecule has 0 saturated heterocycles. The molecule has 0 fully saturated rings. The number of carbonyl (C=O) groups is 2. The summed E-state index contributed by atoms with van der Waals surface area (Å²) < 4.78 is 16.6. The van der Waals surface area contributed by atoms with Crippen molar-refractivity contribution in [1.29, 1.82) is 0 Å². The first-order chi connectivity index (χ1) is 16.7. The maximum absolute atomic E-state index is 13.0. The number of rotatable bonds is 6. The molecule has 7 heteroatoms. The van der Waals surface area contributed by atoms with E-state index in [-0.39, 0.29) is 27.6 Å². The molecule has 0 aliphatic carbocycles. The number of benzene rings is 3. The number of ether oxygens (including phenoxy) is 3. The zero-order valence-electron chi connectivity index (χ0n) is 19.4. The Morgan fingerprint density at radius 1 is 1.09 bits per heavy atom. The fourth-order valence-corrected chi connectivity index (χ4v) is 3.82. The Kier molecular flexibility index (Phi) is 6.67. The number of esters is 1. The van der Waals surface area contributed by atoms with Gasteiger partial charge in [0.25, 0.3) is 0 Å². The van der Waals surface area contributed by atoms with Gasteiger partial charge in [-0.25, -0.2) is 4.79 Å². The van der Waals surface area contributed by atoms with Gasteiger partial charge in [0.1, 0.15) is 34.2 Å². The van der Waals surface area contributed by atoms with E-state index in [4.69, 9.17) is 25.8 Å². The predicted molar refractivity (Wildman–Crippen MR) is 135 cm³/mol. The van der Waals surface area contributed by atoms with Gasteiger partial charge in [0.2, 0.25) is 0 Å². The molecule has 4 rings (SSSR count). The molecule has 6 nitrogen and oxygen atoms in total. The fraction of sp³-hybridized carbons (Fsp3) is 0.143. The second-order valence-corrected chi connectivity index (χ2v) is 8.80. The zero-order chi connectivity index (χ0) is 25.2. The van der Waals surface area contributed by atoms with Crippen LogP contribution in [-0.2, 0) is 0 Å². The molecule has 0 aromatic heterocycles. The highest BCUT2D eigenvalue weighted by Gasteiger charge is 2.28. The number of allylic oxidation sites excluding steroid dienone is 1. The molecule has 1 N–H and O–H groups in total. The van der Waals surface area contributed by atoms with E-state index in [1.165, 1.54) is 25.3 Å². The van der Waals surface area contributed by atoms with E-state index in [1.807, 2.05) is 19.9 Å². The molecule has 178 valence electrons. The van der Waals surface area contributed by atoms with Crippen LogP contribution in [0.1, 0.15) is 45.7 Å². The summed E-state index contributed by atoms with van der Waals surface area (Å²) in [5.41, 5.74) is 0.645. The molecule has 0 atom stereocenters. The average molecular weight is 491 g/mol. The lowest BCUT2D eigenvalue weighted by Crippen LogP contribution is -2.27. The summed E-state index contributed by atoms with van der Waals surface area (Å²) in [6.07, 6.45) is 6.31. The molecule has 0 spiro atoms. The number of carbonyl (C=O) groups excluding carboxylic acids is 2. The van der Waals surface area contributed by atoms with Gasteiger partial charge in [0.15, 0.2) is 5.78 Å². The third-order valence-electron chi connectivity index (χ3n) is 5.36. The Labute approximate surface area is 208 Å². The van der Waals surface area contributed by atoms with Crippen LogP contribution in [-0.4, -0.2) is 29.6 Å². The van der Waals surface area contributed by atoms with E-state index in [9.17, 15) is 14.7 Å². The molecule has 1 aliphatic rings. The minimum atomic E-state index is -0.549. The van der Waals surface area contributed by atoms with Gasteiger partial charge in [-0.05, 0) is 68.0 Å². The molecule has 0 bridgehead atoms. The topological polar surface area (TPSA) is 82.1 Å². The lowest BCUT2D eigenvalue weighted by atomic mass is 9.97. The summed E-state index contributed by atoms with van der Waals surface area (Å²) in [5, 5.41) is 11.1. The van der Waals surface area contributed by atoms with E-state index in [2.05, 4.69) is 0 Å². The van der Waals surface area contributed by atoms with Gasteiger partial charge in [0.05, 0.1) is 18.2 Å². The quantitative estimate of drug-likeness (QED) is 0.187. The van der Waals surface area contributed by atoms with Crippen molar-refractivity contribution < 1.29 is 28.9 Å². The summed E-state index contributed by atoms with van der Waals surface area (Å²) in [6, 6.07) is 14.9. The van der Waals surface area contributed by atoms with Crippen molar-refractivity contribution >= 4 is 35.5 Å². The lowest BCUT2D eigenvalue weighted by molar-refractivity contribution is 0.0734. The van der Waals surface area contributed by atoms with Crippen molar-refractivity contribution in [3.63, 3.8) is 0 Å². The highest BCUT2D eigenvalue weighted by molar-refractivity contribution is 6.32. The van der Waals surface area contributed by atoms with Gasteiger partial charge >= 0.3 is 5.97 Å². The number of halogens is 1. The maximum atomic E-state index is 13.0. The summed E-state index contributed by atoms with van der Waals surface area (Å²) in [5.74, 6) is -0.229. The van der Waals surface area contributed by atoms with Crippen LogP contribution in [0.2, 0.25) is 5.02 Å². The first-order valence-corrected chi connectivity index (χ1v) is 11.2. The number of hydrogen-bond acceptors (Lipinski definition) is 6. The Morgan fingerprint density at radius 3 is 2.51 bits per heavy atom. The molecule has 35 heavy (non-hydrogen) atoms. The standard InChI is InChI=1S/C28H23ClO6/c1-28(2)14-13-20-23(35-28)16-24(33-3)25(26(20)31)22(30)12-11-17-9-10-18(15-21(17)29)27(32)34-19-7-5-4-6-8-19/h4-16,31H,1-3H3. The number of phenols is 1. The van der Waals surface area contributed by atoms with E-state index < -0.39 is 17.4 Å². The molecule has 0 unspecified atom stereocenters. The summed E-state index contributed by atoms with van der Waals surface area (Å²) >= 11 is 6.35. The van der Waals surface area contributed by atoms with Gasteiger partial charge in [-0.15, -0.1) is 0 Å². The molecular formula is C28H23ClO6. The van der Waals surface area contributed by atoms with Crippen LogP contribution in [0.25, 0.3) is 12.2 Å². The van der Waals surface area contributed by atoms with Crippen LogP contribution in [0.15, 0.2) is 66.7 Å². The minimum Gasteiger partial charge on any atom is -0.506 e. The zero-order valence-corrected chi connectivity index (χ0v) is 20.1. The molecule has 3 aromatic carbocycles. The molecule has 3 aromatic rings. The molecule has 0 radical (unpaired) electrons. The molecule has 0 amide bonds. The minimum absolute atomic E-state index is 0.00892. The fourth-order valence-electron chi connectivity index (χ4n) is 3.58. The summed E-state index contributed by atoms with van der Waals surface area (Å²) in [6.45, 7) is 3.77. The van der Waals surface area contributed by atoms with E-state index in [1.54, 1.807) is 54.6 Å². The second kappa shape index (κ2) is 9.68. The summed E-state index contributed by atoms with van der Waals surface area (Å²) in [4.78, 5) is 25.4. The summed E-state index contributed by atoms with van der Waals surface area (Å²) in [7, 11) is 1.41. The Bertz CT molecular complexity index is 1360. The van der Waals surface area contributed by atoms with Crippen LogP contribution >= 0.6 is 11.6 Å². The van der Waals surface area contributed by atoms with E-state index in [0.29, 0.717) is 22.6 Å². The molecule has 0 saturated carbocycles. The van der Waals surface area contributed by atoms with Gasteiger partial charge in [-0.2, -0.15) is 0 Å². The maximum Gasteiger partial charge on any atom is 0.343 e. The Hall–Kier alpha value is -4.03. The van der Waals surface area contributed by atoms with Gasteiger partial charge in [-0.3, -0.25) is 4.79 Å². The predicted octanol–water partition coefficient (Wildman–Crippen LogP) is 6.35. The number of aromatic hydroxyl groups is 1. The lowest BCUT2D eigenvalue weighted by Gasteiger charge is -2.29. The highest BCUT2D eigenvalue weighted by Crippen LogP contribution is 2.43. The Morgan fingerprint density at radius 2 is 1.83 bits per heavy atom. The number of para-hydroxylation sites is 1. The largest absolute Gasteiger partial charge is 0.506 e. The first kappa shape index (κ1) is 24.1. The number of ketones is 1. The third-order valence-corrected chi connectivity index (χ3v) is 5.69. The van der Waals surface area contributed by atoms with Crippen LogP contribution in [0.5, 0.6) is 23.0 Å². The van der Waals surface area contributed by atoms with Crippen molar-refractivity contribution in [3.05, 3.63) is 94.0 Å². The number of phenolic OH excluding ortho intramolecular Hbond substituents is 1.